The van der Waals surface area contributed by atoms with Crippen LogP contribution in [0.25, 0.3) is 16.8 Å². The highest BCUT2D eigenvalue weighted by Crippen LogP contribution is 2.30. The molecule has 2 aromatic carbocycles. The molecule has 0 saturated carbocycles. The second-order valence-corrected chi connectivity index (χ2v) is 7.64. The Bertz CT molecular complexity index is 1090. The van der Waals surface area contributed by atoms with Crippen LogP contribution in [0.5, 0.6) is 0 Å². The van der Waals surface area contributed by atoms with E-state index in [0.717, 1.165) is 38.1 Å². The van der Waals surface area contributed by atoms with E-state index in [1.165, 1.54) is 11.1 Å². The topological polar surface area (TPSA) is 30.2 Å². The Kier molecular flexibility index (Phi) is 4.70. The van der Waals surface area contributed by atoms with Gasteiger partial charge in [0.05, 0.1) is 11.2 Å². The van der Waals surface area contributed by atoms with Crippen LogP contribution in [-0.2, 0) is 5.75 Å². The molecule has 0 N–H and O–H groups in total. The lowest BCUT2D eigenvalue weighted by Crippen LogP contribution is -1.92. The number of aromatic nitrogens is 3. The van der Waals surface area contributed by atoms with E-state index >= 15 is 0 Å². The molecule has 4 rings (SSSR count). The summed E-state index contributed by atoms with van der Waals surface area (Å²) in [6, 6.07) is 16.5. The lowest BCUT2D eigenvalue weighted by atomic mass is 10.0. The first-order valence-electron chi connectivity index (χ1n) is 8.40. The highest BCUT2D eigenvalue weighted by Gasteiger charge is 2.11. The summed E-state index contributed by atoms with van der Waals surface area (Å²) in [6.45, 7) is 4.25. The molecule has 26 heavy (non-hydrogen) atoms. The van der Waals surface area contributed by atoms with Crippen molar-refractivity contribution in [3.8, 4) is 11.3 Å². The van der Waals surface area contributed by atoms with Gasteiger partial charge in [0.15, 0.2) is 0 Å². The first kappa shape index (κ1) is 17.1. The minimum Gasteiger partial charge on any atom is -0.246 e. The second-order valence-electron chi connectivity index (χ2n) is 6.27. The van der Waals surface area contributed by atoms with Gasteiger partial charge in [-0.2, -0.15) is 5.10 Å². The molecule has 0 atom stereocenters. The minimum atomic E-state index is 0.774. The minimum absolute atomic E-state index is 0.774. The average molecular weight is 380 g/mol. The standard InChI is InChI=1S/C21H18ClN3S/c1-14-7-8-16(11-15(14)2)19-12-20-21(23-9-10-25(20)24-19)26-13-17-5-3-4-6-18(17)22/h3-12H,13H2,1-2H3. The molecular formula is C21H18ClN3S. The number of aryl methyl sites for hydroxylation is 2. The normalized spacial score (nSPS) is 11.2. The molecule has 0 aliphatic carbocycles. The Labute approximate surface area is 162 Å². The summed E-state index contributed by atoms with van der Waals surface area (Å²) >= 11 is 7.94. The van der Waals surface area contributed by atoms with E-state index in [-0.39, 0.29) is 0 Å². The molecule has 4 aromatic rings. The zero-order chi connectivity index (χ0) is 18.1. The van der Waals surface area contributed by atoms with Crippen molar-refractivity contribution in [1.82, 2.24) is 14.6 Å². The second kappa shape index (κ2) is 7.14. The van der Waals surface area contributed by atoms with Gasteiger partial charge in [-0.1, -0.05) is 53.7 Å². The van der Waals surface area contributed by atoms with Crippen molar-refractivity contribution in [3.63, 3.8) is 0 Å². The molecule has 0 unspecified atom stereocenters. The molecule has 0 spiro atoms. The first-order valence-corrected chi connectivity index (χ1v) is 9.76. The number of hydrogen-bond acceptors (Lipinski definition) is 3. The molecular weight excluding hydrogens is 362 g/mol. The zero-order valence-electron chi connectivity index (χ0n) is 14.6. The summed E-state index contributed by atoms with van der Waals surface area (Å²) in [5, 5.41) is 6.47. The van der Waals surface area contributed by atoms with E-state index in [9.17, 15) is 0 Å². The predicted octanol–water partition coefficient (Wildman–Crippen LogP) is 5.96. The molecule has 0 bridgehead atoms. The smallest absolute Gasteiger partial charge is 0.122 e. The molecule has 3 nitrogen and oxygen atoms in total. The summed E-state index contributed by atoms with van der Waals surface area (Å²) in [6.07, 6.45) is 3.68. The third-order valence-electron chi connectivity index (χ3n) is 4.48. The SMILES string of the molecule is Cc1ccc(-c2cc3c(SCc4ccccc4Cl)nccn3n2)cc1C. The molecule has 0 aliphatic rings. The van der Waals surface area contributed by atoms with E-state index in [4.69, 9.17) is 16.7 Å². The van der Waals surface area contributed by atoms with E-state index < -0.39 is 0 Å². The van der Waals surface area contributed by atoms with Gasteiger partial charge in [0.25, 0.3) is 0 Å². The van der Waals surface area contributed by atoms with Gasteiger partial charge in [-0.15, -0.1) is 0 Å². The fourth-order valence-electron chi connectivity index (χ4n) is 2.81. The van der Waals surface area contributed by atoms with Gasteiger partial charge in [-0.25, -0.2) is 9.50 Å². The van der Waals surface area contributed by atoms with Gasteiger partial charge in [-0.3, -0.25) is 0 Å². The Balaban J connectivity index is 1.67. The zero-order valence-corrected chi connectivity index (χ0v) is 16.2. The highest BCUT2D eigenvalue weighted by molar-refractivity contribution is 7.98. The number of fused-ring (bicyclic) bond motifs is 1. The van der Waals surface area contributed by atoms with Crippen LogP contribution in [0.4, 0.5) is 0 Å². The molecule has 2 aromatic heterocycles. The van der Waals surface area contributed by atoms with Crippen molar-refractivity contribution in [3.05, 3.63) is 82.6 Å². The quantitative estimate of drug-likeness (QED) is 0.410. The van der Waals surface area contributed by atoms with Crippen molar-refractivity contribution < 1.29 is 0 Å². The highest BCUT2D eigenvalue weighted by atomic mass is 35.5. The summed E-state index contributed by atoms with van der Waals surface area (Å²) in [5.74, 6) is 0.774. The molecule has 0 aliphatic heterocycles. The lowest BCUT2D eigenvalue weighted by molar-refractivity contribution is 0.920. The van der Waals surface area contributed by atoms with Crippen LogP contribution >= 0.6 is 23.4 Å². The molecule has 2 heterocycles. The largest absolute Gasteiger partial charge is 0.246 e. The predicted molar refractivity (Wildman–Crippen MR) is 109 cm³/mol. The molecule has 130 valence electrons. The summed E-state index contributed by atoms with van der Waals surface area (Å²) in [7, 11) is 0. The Morgan fingerprint density at radius 1 is 1.04 bits per heavy atom. The maximum atomic E-state index is 6.27. The molecule has 5 heteroatoms. The van der Waals surface area contributed by atoms with Crippen LogP contribution in [0.15, 0.2) is 66.0 Å². The molecule has 0 saturated heterocycles. The van der Waals surface area contributed by atoms with Gasteiger partial charge in [0.2, 0.25) is 0 Å². The third-order valence-corrected chi connectivity index (χ3v) is 5.89. The van der Waals surface area contributed by atoms with Crippen molar-refractivity contribution in [2.45, 2.75) is 24.6 Å². The van der Waals surface area contributed by atoms with Crippen LogP contribution in [0.3, 0.4) is 0 Å². The number of halogens is 1. The Morgan fingerprint density at radius 3 is 2.69 bits per heavy atom. The van der Waals surface area contributed by atoms with Gasteiger partial charge >= 0.3 is 0 Å². The molecule has 0 amide bonds. The van der Waals surface area contributed by atoms with Crippen molar-refractivity contribution in [1.29, 1.82) is 0 Å². The van der Waals surface area contributed by atoms with E-state index in [0.29, 0.717) is 0 Å². The van der Waals surface area contributed by atoms with Crippen LogP contribution in [0.2, 0.25) is 5.02 Å². The molecule has 0 fully saturated rings. The first-order chi connectivity index (χ1) is 12.6. The monoisotopic (exact) mass is 379 g/mol. The van der Waals surface area contributed by atoms with Crippen LogP contribution in [0.1, 0.15) is 16.7 Å². The van der Waals surface area contributed by atoms with E-state index in [2.05, 4.69) is 43.1 Å². The van der Waals surface area contributed by atoms with Crippen LogP contribution < -0.4 is 0 Å². The summed E-state index contributed by atoms with van der Waals surface area (Å²) in [4.78, 5) is 4.55. The summed E-state index contributed by atoms with van der Waals surface area (Å²) < 4.78 is 1.90. The van der Waals surface area contributed by atoms with Crippen molar-refractivity contribution >= 4 is 28.9 Å². The fraction of sp³-hybridized carbons (Fsp3) is 0.143. The van der Waals surface area contributed by atoms with E-state index in [1.54, 1.807) is 18.0 Å². The average Bonchev–Trinajstić information content (AvgIpc) is 3.08. The number of thioether (sulfide) groups is 1. The van der Waals surface area contributed by atoms with Crippen molar-refractivity contribution in [2.24, 2.45) is 0 Å². The summed E-state index contributed by atoms with van der Waals surface area (Å²) in [5.41, 5.74) is 6.76. The van der Waals surface area contributed by atoms with Crippen LogP contribution in [0, 0.1) is 13.8 Å². The van der Waals surface area contributed by atoms with Gasteiger partial charge < -0.3 is 0 Å². The Hall–Kier alpha value is -2.30. The lowest BCUT2D eigenvalue weighted by Gasteiger charge is -2.04. The van der Waals surface area contributed by atoms with E-state index in [1.807, 2.05) is 35.0 Å². The van der Waals surface area contributed by atoms with Crippen LogP contribution in [-0.4, -0.2) is 14.6 Å². The Morgan fingerprint density at radius 2 is 1.88 bits per heavy atom. The van der Waals surface area contributed by atoms with Gasteiger partial charge in [0.1, 0.15) is 5.03 Å². The molecule has 0 radical (unpaired) electrons. The maximum absolute atomic E-state index is 6.27. The number of nitrogens with zero attached hydrogens (tertiary/aromatic N) is 3. The maximum Gasteiger partial charge on any atom is 0.122 e. The fourth-order valence-corrected chi connectivity index (χ4v) is 4.07. The van der Waals surface area contributed by atoms with Gasteiger partial charge in [0, 0.05) is 28.7 Å². The van der Waals surface area contributed by atoms with Crippen molar-refractivity contribution in [2.75, 3.05) is 0 Å². The van der Waals surface area contributed by atoms with Gasteiger partial charge in [-0.05, 0) is 48.7 Å². The number of hydrogen-bond donors (Lipinski definition) is 0. The number of rotatable bonds is 4. The third kappa shape index (κ3) is 3.35. The number of benzene rings is 2.